The number of aromatic nitrogens is 2. The highest BCUT2D eigenvalue weighted by atomic mass is 16.3. The highest BCUT2D eigenvalue weighted by Crippen LogP contribution is 2.20. The largest absolute Gasteiger partial charge is 0.394 e. The van der Waals surface area contributed by atoms with Gasteiger partial charge in [-0.2, -0.15) is 0 Å². The van der Waals surface area contributed by atoms with E-state index in [-0.39, 0.29) is 12.0 Å². The Balaban J connectivity index is 3.01. The molecule has 0 spiro atoms. The van der Waals surface area contributed by atoms with Crippen molar-refractivity contribution in [2.45, 2.75) is 32.2 Å². The van der Waals surface area contributed by atoms with Crippen LogP contribution in [0.25, 0.3) is 0 Å². The van der Waals surface area contributed by atoms with Gasteiger partial charge in [0.1, 0.15) is 6.33 Å². The van der Waals surface area contributed by atoms with Crippen LogP contribution in [-0.2, 0) is 5.41 Å². The summed E-state index contributed by atoms with van der Waals surface area (Å²) in [6.45, 7) is 6.12. The van der Waals surface area contributed by atoms with E-state index in [1.54, 1.807) is 0 Å². The van der Waals surface area contributed by atoms with Crippen molar-refractivity contribution in [3.8, 4) is 0 Å². The van der Waals surface area contributed by atoms with Gasteiger partial charge in [0.2, 0.25) is 0 Å². The Bertz CT molecular complexity index is 306. The van der Waals surface area contributed by atoms with Crippen LogP contribution in [0.3, 0.4) is 0 Å². The van der Waals surface area contributed by atoms with E-state index < -0.39 is 6.04 Å². The Labute approximate surface area is 84.2 Å². The summed E-state index contributed by atoms with van der Waals surface area (Å²) in [5.74, 6) is 0. The molecule has 0 aromatic carbocycles. The van der Waals surface area contributed by atoms with E-state index in [2.05, 4.69) is 30.7 Å². The van der Waals surface area contributed by atoms with Crippen molar-refractivity contribution in [2.24, 2.45) is 5.73 Å². The first-order chi connectivity index (χ1) is 6.45. The Hall–Kier alpha value is -1.00. The fourth-order valence-corrected chi connectivity index (χ4v) is 1.08. The van der Waals surface area contributed by atoms with E-state index in [0.29, 0.717) is 5.69 Å². The third kappa shape index (κ3) is 2.49. The average molecular weight is 195 g/mol. The van der Waals surface area contributed by atoms with Gasteiger partial charge in [0.05, 0.1) is 18.3 Å². The second-order valence-corrected chi connectivity index (χ2v) is 4.37. The van der Waals surface area contributed by atoms with Gasteiger partial charge < -0.3 is 10.8 Å². The molecule has 1 aromatic heterocycles. The fraction of sp³-hybridized carbons (Fsp3) is 0.600. The Morgan fingerprint density at radius 1 is 1.43 bits per heavy atom. The van der Waals surface area contributed by atoms with E-state index in [9.17, 15) is 0 Å². The smallest absolute Gasteiger partial charge is 0.116 e. The number of nitrogens with two attached hydrogens (primary N) is 1. The molecule has 0 fully saturated rings. The van der Waals surface area contributed by atoms with Crippen molar-refractivity contribution in [1.82, 2.24) is 9.97 Å². The lowest BCUT2D eigenvalue weighted by molar-refractivity contribution is 0.265. The summed E-state index contributed by atoms with van der Waals surface area (Å²) in [4.78, 5) is 8.21. The number of rotatable bonds is 2. The molecule has 0 bridgehead atoms. The Kier molecular flexibility index (Phi) is 3.18. The predicted octanol–water partition coefficient (Wildman–Crippen LogP) is 0.766. The summed E-state index contributed by atoms with van der Waals surface area (Å²) >= 11 is 0. The van der Waals surface area contributed by atoms with Gasteiger partial charge in [-0.1, -0.05) is 20.8 Å². The lowest BCUT2D eigenvalue weighted by Gasteiger charge is -2.18. The molecule has 0 saturated carbocycles. The molecular formula is C10H17N3O. The summed E-state index contributed by atoms with van der Waals surface area (Å²) in [5.41, 5.74) is 7.27. The van der Waals surface area contributed by atoms with E-state index in [1.165, 1.54) is 6.33 Å². The predicted molar refractivity (Wildman–Crippen MR) is 54.7 cm³/mol. The van der Waals surface area contributed by atoms with E-state index >= 15 is 0 Å². The summed E-state index contributed by atoms with van der Waals surface area (Å²) in [6, 6.07) is 1.43. The molecule has 14 heavy (non-hydrogen) atoms. The highest BCUT2D eigenvalue weighted by Gasteiger charge is 2.17. The lowest BCUT2D eigenvalue weighted by atomic mass is 9.91. The van der Waals surface area contributed by atoms with Crippen LogP contribution < -0.4 is 5.73 Å². The summed E-state index contributed by atoms with van der Waals surface area (Å²) in [7, 11) is 0. The van der Waals surface area contributed by atoms with Crippen LogP contribution >= 0.6 is 0 Å². The number of nitrogens with zero attached hydrogens (tertiary/aromatic N) is 2. The molecule has 1 rings (SSSR count). The monoisotopic (exact) mass is 195 g/mol. The molecule has 0 amide bonds. The molecule has 0 saturated heterocycles. The van der Waals surface area contributed by atoms with Crippen LogP contribution in [0.15, 0.2) is 12.4 Å². The summed E-state index contributed by atoms with van der Waals surface area (Å²) in [6.07, 6.45) is 1.49. The topological polar surface area (TPSA) is 72.0 Å². The van der Waals surface area contributed by atoms with Gasteiger partial charge in [-0.05, 0) is 6.07 Å². The molecule has 1 aromatic rings. The van der Waals surface area contributed by atoms with Crippen LogP contribution in [0.4, 0.5) is 0 Å². The molecule has 1 heterocycles. The van der Waals surface area contributed by atoms with Crippen LogP contribution in [0.5, 0.6) is 0 Å². The second-order valence-electron chi connectivity index (χ2n) is 4.37. The molecule has 78 valence electrons. The van der Waals surface area contributed by atoms with E-state index in [4.69, 9.17) is 10.8 Å². The summed E-state index contributed by atoms with van der Waals surface area (Å²) in [5, 5.41) is 8.90. The quantitative estimate of drug-likeness (QED) is 0.731. The lowest BCUT2D eigenvalue weighted by Crippen LogP contribution is -2.19. The van der Waals surface area contributed by atoms with E-state index in [1.807, 2.05) is 6.07 Å². The molecule has 4 heteroatoms. The van der Waals surface area contributed by atoms with Gasteiger partial charge in [-0.15, -0.1) is 0 Å². The van der Waals surface area contributed by atoms with Crippen LogP contribution in [0, 0.1) is 0 Å². The van der Waals surface area contributed by atoms with Crippen molar-refractivity contribution < 1.29 is 5.11 Å². The SMILES string of the molecule is CC(C)(C)c1cc(C(N)CO)ncn1. The zero-order valence-corrected chi connectivity index (χ0v) is 8.86. The maximum Gasteiger partial charge on any atom is 0.116 e. The molecule has 0 radical (unpaired) electrons. The molecule has 1 unspecified atom stereocenters. The highest BCUT2D eigenvalue weighted by molar-refractivity contribution is 5.17. The minimum absolute atomic E-state index is 0.0210. The van der Waals surface area contributed by atoms with Gasteiger partial charge in [0.25, 0.3) is 0 Å². The minimum Gasteiger partial charge on any atom is -0.394 e. The first kappa shape index (κ1) is 11.1. The van der Waals surface area contributed by atoms with Gasteiger partial charge >= 0.3 is 0 Å². The van der Waals surface area contributed by atoms with Crippen molar-refractivity contribution in [2.75, 3.05) is 6.61 Å². The Morgan fingerprint density at radius 3 is 2.57 bits per heavy atom. The standard InChI is InChI=1S/C10H17N3O/c1-10(2,3)9-4-8(7(11)5-14)12-6-13-9/h4,6-7,14H,5,11H2,1-3H3. The second kappa shape index (κ2) is 4.02. The van der Waals surface area contributed by atoms with Crippen LogP contribution in [0.2, 0.25) is 0 Å². The number of hydrogen-bond donors (Lipinski definition) is 2. The first-order valence-corrected chi connectivity index (χ1v) is 4.64. The molecule has 1 atom stereocenters. The average Bonchev–Trinajstić information content (AvgIpc) is 2.15. The van der Waals surface area contributed by atoms with Crippen molar-refractivity contribution in [3.63, 3.8) is 0 Å². The normalized spacial score (nSPS) is 14.1. The molecule has 0 aliphatic heterocycles. The van der Waals surface area contributed by atoms with Gasteiger partial charge in [-0.3, -0.25) is 0 Å². The molecule has 3 N–H and O–H groups in total. The van der Waals surface area contributed by atoms with Crippen molar-refractivity contribution >= 4 is 0 Å². The number of aliphatic hydroxyl groups excluding tert-OH is 1. The fourth-order valence-electron chi connectivity index (χ4n) is 1.08. The van der Waals surface area contributed by atoms with Crippen molar-refractivity contribution in [3.05, 3.63) is 23.8 Å². The molecular weight excluding hydrogens is 178 g/mol. The van der Waals surface area contributed by atoms with Gasteiger partial charge in [0, 0.05) is 11.1 Å². The number of hydrogen-bond acceptors (Lipinski definition) is 4. The van der Waals surface area contributed by atoms with Gasteiger partial charge in [-0.25, -0.2) is 9.97 Å². The third-order valence-corrected chi connectivity index (χ3v) is 2.03. The maximum atomic E-state index is 8.90. The van der Waals surface area contributed by atoms with Crippen molar-refractivity contribution in [1.29, 1.82) is 0 Å². The van der Waals surface area contributed by atoms with Crippen LogP contribution in [0.1, 0.15) is 38.2 Å². The zero-order chi connectivity index (χ0) is 10.8. The summed E-state index contributed by atoms with van der Waals surface area (Å²) < 4.78 is 0. The maximum absolute atomic E-state index is 8.90. The zero-order valence-electron chi connectivity index (χ0n) is 8.86. The van der Waals surface area contributed by atoms with E-state index in [0.717, 1.165) is 5.69 Å². The minimum atomic E-state index is -0.418. The Morgan fingerprint density at radius 2 is 2.07 bits per heavy atom. The molecule has 4 nitrogen and oxygen atoms in total. The van der Waals surface area contributed by atoms with Gasteiger partial charge in [0.15, 0.2) is 0 Å². The number of aliphatic hydroxyl groups is 1. The molecule has 0 aliphatic rings. The van der Waals surface area contributed by atoms with Crippen LogP contribution in [-0.4, -0.2) is 21.7 Å². The third-order valence-electron chi connectivity index (χ3n) is 2.03. The first-order valence-electron chi connectivity index (χ1n) is 4.64. The molecule has 0 aliphatic carbocycles.